The van der Waals surface area contributed by atoms with Gasteiger partial charge in [0.2, 0.25) is 0 Å². The molecule has 2 rings (SSSR count). The normalized spacial score (nSPS) is 16.9. The van der Waals surface area contributed by atoms with Crippen LogP contribution in [-0.2, 0) is 4.74 Å². The first-order valence-corrected chi connectivity index (χ1v) is 5.59. The molecule has 0 unspecified atom stereocenters. The zero-order valence-corrected chi connectivity index (χ0v) is 9.96. The fourth-order valence-corrected chi connectivity index (χ4v) is 1.74. The molecule has 0 radical (unpaired) electrons. The minimum Gasteiger partial charge on any atom is -0.455 e. The highest BCUT2D eigenvalue weighted by Gasteiger charge is 2.27. The van der Waals surface area contributed by atoms with Crippen LogP contribution in [0, 0.1) is 0 Å². The SMILES string of the molecule is CC(C)(C)OC(=O)c1[nH]ccc1C1CNC1. The predicted octanol–water partition coefficient (Wildman–Crippen LogP) is 1.66. The van der Waals surface area contributed by atoms with Crippen molar-refractivity contribution in [3.05, 3.63) is 23.5 Å². The van der Waals surface area contributed by atoms with Gasteiger partial charge in [-0.25, -0.2) is 4.79 Å². The lowest BCUT2D eigenvalue weighted by molar-refractivity contribution is 0.00615. The van der Waals surface area contributed by atoms with E-state index in [1.54, 1.807) is 6.20 Å². The van der Waals surface area contributed by atoms with Gasteiger partial charge < -0.3 is 15.0 Å². The van der Waals surface area contributed by atoms with Gasteiger partial charge in [-0.2, -0.15) is 0 Å². The van der Waals surface area contributed by atoms with Crippen LogP contribution in [0.5, 0.6) is 0 Å². The molecule has 1 aromatic heterocycles. The highest BCUT2D eigenvalue weighted by atomic mass is 16.6. The minimum absolute atomic E-state index is 0.264. The van der Waals surface area contributed by atoms with Crippen molar-refractivity contribution in [2.75, 3.05) is 13.1 Å². The molecular weight excluding hydrogens is 204 g/mol. The van der Waals surface area contributed by atoms with Crippen molar-refractivity contribution in [2.24, 2.45) is 0 Å². The van der Waals surface area contributed by atoms with Crippen LogP contribution in [0.4, 0.5) is 0 Å². The number of esters is 1. The molecule has 2 heterocycles. The van der Waals surface area contributed by atoms with Crippen molar-refractivity contribution in [1.82, 2.24) is 10.3 Å². The maximum Gasteiger partial charge on any atom is 0.355 e. The Bertz CT molecular complexity index is 386. The summed E-state index contributed by atoms with van der Waals surface area (Å²) in [5.74, 6) is 0.174. The first-order valence-electron chi connectivity index (χ1n) is 5.59. The maximum absolute atomic E-state index is 11.9. The number of hydrogen-bond donors (Lipinski definition) is 2. The standard InChI is InChI=1S/C12H18N2O2/c1-12(2,3)16-11(15)10-9(4-5-14-10)8-6-13-7-8/h4-5,8,13-14H,6-7H2,1-3H3. The molecule has 0 saturated carbocycles. The van der Waals surface area contributed by atoms with E-state index >= 15 is 0 Å². The second-order valence-corrected chi connectivity index (χ2v) is 5.17. The smallest absolute Gasteiger partial charge is 0.355 e. The van der Waals surface area contributed by atoms with E-state index in [0.717, 1.165) is 18.7 Å². The summed E-state index contributed by atoms with van der Waals surface area (Å²) in [4.78, 5) is 14.9. The topological polar surface area (TPSA) is 54.1 Å². The number of rotatable bonds is 2. The Hall–Kier alpha value is -1.29. The monoisotopic (exact) mass is 222 g/mol. The summed E-state index contributed by atoms with van der Waals surface area (Å²) in [6.45, 7) is 7.50. The number of H-pyrrole nitrogens is 1. The van der Waals surface area contributed by atoms with Crippen LogP contribution in [0.1, 0.15) is 42.7 Å². The number of aromatic nitrogens is 1. The average Bonchev–Trinajstić information content (AvgIpc) is 2.45. The molecular formula is C12H18N2O2. The summed E-state index contributed by atoms with van der Waals surface area (Å²) in [6.07, 6.45) is 1.80. The molecule has 4 heteroatoms. The van der Waals surface area contributed by atoms with Crippen molar-refractivity contribution >= 4 is 5.97 Å². The number of carbonyl (C=O) groups is 1. The number of ether oxygens (including phenoxy) is 1. The summed E-state index contributed by atoms with van der Waals surface area (Å²) in [5.41, 5.74) is 1.21. The van der Waals surface area contributed by atoms with Gasteiger partial charge in [0.15, 0.2) is 0 Å². The van der Waals surface area contributed by atoms with Gasteiger partial charge in [-0.3, -0.25) is 0 Å². The molecule has 16 heavy (non-hydrogen) atoms. The molecule has 0 bridgehead atoms. The summed E-state index contributed by atoms with van der Waals surface area (Å²) in [6, 6.07) is 1.96. The molecule has 1 fully saturated rings. The zero-order chi connectivity index (χ0) is 11.8. The Morgan fingerprint density at radius 1 is 1.44 bits per heavy atom. The number of aromatic amines is 1. The number of hydrogen-bond acceptors (Lipinski definition) is 3. The van der Waals surface area contributed by atoms with Crippen LogP contribution in [-0.4, -0.2) is 29.6 Å². The molecule has 1 aromatic rings. The molecule has 0 aromatic carbocycles. The second kappa shape index (κ2) is 3.94. The summed E-state index contributed by atoms with van der Waals surface area (Å²) < 4.78 is 5.35. The van der Waals surface area contributed by atoms with Gasteiger partial charge in [0.05, 0.1) is 0 Å². The van der Waals surface area contributed by atoms with E-state index < -0.39 is 5.60 Å². The van der Waals surface area contributed by atoms with E-state index in [1.165, 1.54) is 0 Å². The van der Waals surface area contributed by atoms with E-state index in [-0.39, 0.29) is 5.97 Å². The summed E-state index contributed by atoms with van der Waals surface area (Å²) >= 11 is 0. The molecule has 88 valence electrons. The van der Waals surface area contributed by atoms with Crippen molar-refractivity contribution in [2.45, 2.75) is 32.3 Å². The Morgan fingerprint density at radius 3 is 2.62 bits per heavy atom. The third-order valence-electron chi connectivity index (χ3n) is 2.60. The Labute approximate surface area is 95.4 Å². The lowest BCUT2D eigenvalue weighted by Crippen LogP contribution is -2.40. The van der Waals surface area contributed by atoms with E-state index in [0.29, 0.717) is 11.6 Å². The van der Waals surface area contributed by atoms with E-state index in [1.807, 2.05) is 26.8 Å². The van der Waals surface area contributed by atoms with Crippen LogP contribution >= 0.6 is 0 Å². The Balaban J connectivity index is 2.14. The third kappa shape index (κ3) is 2.27. The van der Waals surface area contributed by atoms with Crippen molar-refractivity contribution in [1.29, 1.82) is 0 Å². The third-order valence-corrected chi connectivity index (χ3v) is 2.60. The van der Waals surface area contributed by atoms with E-state index in [2.05, 4.69) is 10.3 Å². The summed E-state index contributed by atoms with van der Waals surface area (Å²) in [7, 11) is 0. The van der Waals surface area contributed by atoms with Gasteiger partial charge in [0.1, 0.15) is 11.3 Å². The van der Waals surface area contributed by atoms with Crippen molar-refractivity contribution in [3.63, 3.8) is 0 Å². The molecule has 1 aliphatic rings. The zero-order valence-electron chi connectivity index (χ0n) is 9.96. The fourth-order valence-electron chi connectivity index (χ4n) is 1.74. The van der Waals surface area contributed by atoms with Gasteiger partial charge in [0.25, 0.3) is 0 Å². The number of carbonyl (C=O) groups excluding carboxylic acids is 1. The first kappa shape index (κ1) is 11.2. The van der Waals surface area contributed by atoms with Crippen LogP contribution in [0.25, 0.3) is 0 Å². The van der Waals surface area contributed by atoms with Gasteiger partial charge >= 0.3 is 5.97 Å². The molecule has 0 aliphatic carbocycles. The van der Waals surface area contributed by atoms with Crippen molar-refractivity contribution in [3.8, 4) is 0 Å². The van der Waals surface area contributed by atoms with Crippen LogP contribution in [0.2, 0.25) is 0 Å². The molecule has 1 saturated heterocycles. The maximum atomic E-state index is 11.9. The average molecular weight is 222 g/mol. The van der Waals surface area contributed by atoms with Crippen LogP contribution in [0.3, 0.4) is 0 Å². The molecule has 0 amide bonds. The van der Waals surface area contributed by atoms with Gasteiger partial charge in [-0.05, 0) is 32.4 Å². The van der Waals surface area contributed by atoms with Crippen LogP contribution in [0.15, 0.2) is 12.3 Å². The highest BCUT2D eigenvalue weighted by molar-refractivity contribution is 5.89. The van der Waals surface area contributed by atoms with E-state index in [9.17, 15) is 4.79 Å². The van der Waals surface area contributed by atoms with E-state index in [4.69, 9.17) is 4.74 Å². The first-order chi connectivity index (χ1) is 7.47. The number of nitrogens with one attached hydrogen (secondary N) is 2. The predicted molar refractivity (Wildman–Crippen MR) is 61.6 cm³/mol. The second-order valence-electron chi connectivity index (χ2n) is 5.17. The highest BCUT2D eigenvalue weighted by Crippen LogP contribution is 2.24. The minimum atomic E-state index is -0.447. The molecule has 0 spiro atoms. The van der Waals surface area contributed by atoms with Gasteiger partial charge in [-0.1, -0.05) is 0 Å². The quantitative estimate of drug-likeness (QED) is 0.748. The largest absolute Gasteiger partial charge is 0.455 e. The summed E-state index contributed by atoms with van der Waals surface area (Å²) in [5, 5.41) is 3.20. The Kier molecular flexibility index (Phi) is 2.76. The molecule has 0 atom stereocenters. The lowest BCUT2D eigenvalue weighted by atomic mass is 9.94. The molecule has 1 aliphatic heterocycles. The lowest BCUT2D eigenvalue weighted by Gasteiger charge is -2.27. The molecule has 2 N–H and O–H groups in total. The Morgan fingerprint density at radius 2 is 2.12 bits per heavy atom. The van der Waals surface area contributed by atoms with Crippen LogP contribution < -0.4 is 5.32 Å². The fraction of sp³-hybridized carbons (Fsp3) is 0.583. The van der Waals surface area contributed by atoms with Gasteiger partial charge in [0, 0.05) is 25.2 Å². The molecule has 4 nitrogen and oxygen atoms in total. The van der Waals surface area contributed by atoms with Gasteiger partial charge in [-0.15, -0.1) is 0 Å². The van der Waals surface area contributed by atoms with Crippen molar-refractivity contribution < 1.29 is 9.53 Å².